The SMILES string of the molecule is COCC(=O)N(CCCN)[C@@H](c1nc(-c2ccccc2)cn1CC1CCC[C@@H](OC)C1)C(C)(C)C. The van der Waals surface area contributed by atoms with Crippen LogP contribution in [0.4, 0.5) is 0 Å². The number of rotatable bonds is 11. The lowest BCUT2D eigenvalue weighted by molar-refractivity contribution is -0.140. The third kappa shape index (κ3) is 7.15. The van der Waals surface area contributed by atoms with E-state index in [0.29, 0.717) is 25.1 Å². The summed E-state index contributed by atoms with van der Waals surface area (Å²) in [4.78, 5) is 20.4. The molecular formula is C28H44N4O3. The maximum Gasteiger partial charge on any atom is 0.249 e. The van der Waals surface area contributed by atoms with E-state index >= 15 is 0 Å². The first-order valence-electron chi connectivity index (χ1n) is 12.9. The highest BCUT2D eigenvalue weighted by atomic mass is 16.5. The maximum atomic E-state index is 13.3. The van der Waals surface area contributed by atoms with Crippen LogP contribution < -0.4 is 5.73 Å². The highest BCUT2D eigenvalue weighted by Gasteiger charge is 2.38. The van der Waals surface area contributed by atoms with Crippen LogP contribution in [0.2, 0.25) is 0 Å². The molecule has 3 rings (SSSR count). The van der Waals surface area contributed by atoms with E-state index in [1.54, 1.807) is 7.11 Å². The zero-order valence-electron chi connectivity index (χ0n) is 22.2. The van der Waals surface area contributed by atoms with Gasteiger partial charge in [-0.3, -0.25) is 4.79 Å². The number of hydrogen-bond donors (Lipinski definition) is 1. The van der Waals surface area contributed by atoms with Crippen LogP contribution in [-0.2, 0) is 20.8 Å². The second-order valence-electron chi connectivity index (χ2n) is 10.8. The number of aromatic nitrogens is 2. The van der Waals surface area contributed by atoms with Gasteiger partial charge >= 0.3 is 0 Å². The van der Waals surface area contributed by atoms with Crippen molar-refractivity contribution in [1.82, 2.24) is 14.5 Å². The molecule has 1 saturated carbocycles. The summed E-state index contributed by atoms with van der Waals surface area (Å²) >= 11 is 0. The first kappa shape index (κ1) is 27.4. The molecule has 35 heavy (non-hydrogen) atoms. The van der Waals surface area contributed by atoms with Gasteiger partial charge in [0.1, 0.15) is 12.4 Å². The number of ether oxygens (including phenoxy) is 2. The van der Waals surface area contributed by atoms with Gasteiger partial charge in [0.2, 0.25) is 5.91 Å². The maximum absolute atomic E-state index is 13.3. The average molecular weight is 485 g/mol. The van der Waals surface area contributed by atoms with Crippen LogP contribution in [0.5, 0.6) is 0 Å². The number of hydrogen-bond acceptors (Lipinski definition) is 5. The molecule has 1 aromatic carbocycles. The zero-order chi connectivity index (χ0) is 25.4. The summed E-state index contributed by atoms with van der Waals surface area (Å²) in [5.41, 5.74) is 7.63. The molecule has 0 saturated heterocycles. The summed E-state index contributed by atoms with van der Waals surface area (Å²) in [5.74, 6) is 1.41. The van der Waals surface area contributed by atoms with Crippen LogP contribution in [-0.4, -0.2) is 60.4 Å². The third-order valence-electron chi connectivity index (χ3n) is 6.97. The second kappa shape index (κ2) is 12.7. The Kier molecular flexibility index (Phi) is 9.89. The molecule has 0 bridgehead atoms. The van der Waals surface area contributed by atoms with Crippen LogP contribution in [0.15, 0.2) is 36.5 Å². The fourth-order valence-electron chi connectivity index (χ4n) is 5.30. The van der Waals surface area contributed by atoms with Gasteiger partial charge in [0, 0.05) is 39.1 Å². The smallest absolute Gasteiger partial charge is 0.249 e. The minimum atomic E-state index is -0.239. The molecule has 1 aliphatic carbocycles. The Bertz CT molecular complexity index is 922. The predicted molar refractivity (Wildman–Crippen MR) is 140 cm³/mol. The lowest BCUT2D eigenvalue weighted by Gasteiger charge is -2.40. The number of carbonyl (C=O) groups is 1. The Morgan fingerprint density at radius 2 is 1.97 bits per heavy atom. The Hall–Kier alpha value is -2.22. The van der Waals surface area contributed by atoms with E-state index in [2.05, 4.69) is 43.7 Å². The molecule has 3 atom stereocenters. The number of carbonyl (C=O) groups excluding carboxylic acids is 1. The van der Waals surface area contributed by atoms with E-state index in [0.717, 1.165) is 42.9 Å². The Morgan fingerprint density at radius 3 is 2.60 bits per heavy atom. The molecule has 194 valence electrons. The van der Waals surface area contributed by atoms with Crippen LogP contribution in [0.3, 0.4) is 0 Å². The molecule has 1 amide bonds. The van der Waals surface area contributed by atoms with Crippen LogP contribution >= 0.6 is 0 Å². The van der Waals surface area contributed by atoms with E-state index < -0.39 is 0 Å². The predicted octanol–water partition coefficient (Wildman–Crippen LogP) is 4.67. The number of imidazole rings is 1. The van der Waals surface area contributed by atoms with Crippen molar-refractivity contribution in [3.05, 3.63) is 42.4 Å². The van der Waals surface area contributed by atoms with Crippen molar-refractivity contribution in [3.8, 4) is 11.3 Å². The van der Waals surface area contributed by atoms with Crippen molar-refractivity contribution in [1.29, 1.82) is 0 Å². The molecule has 0 aliphatic heterocycles. The largest absolute Gasteiger partial charge is 0.381 e. The molecule has 1 heterocycles. The summed E-state index contributed by atoms with van der Waals surface area (Å²) in [7, 11) is 3.38. The van der Waals surface area contributed by atoms with E-state index in [-0.39, 0.29) is 24.0 Å². The van der Waals surface area contributed by atoms with Crippen molar-refractivity contribution in [2.24, 2.45) is 17.1 Å². The molecule has 2 N–H and O–H groups in total. The van der Waals surface area contributed by atoms with Gasteiger partial charge in [0.25, 0.3) is 0 Å². The minimum Gasteiger partial charge on any atom is -0.381 e. The summed E-state index contributed by atoms with van der Waals surface area (Å²) < 4.78 is 13.3. The van der Waals surface area contributed by atoms with Crippen molar-refractivity contribution < 1.29 is 14.3 Å². The number of nitrogens with two attached hydrogens (primary N) is 1. The lowest BCUT2D eigenvalue weighted by Crippen LogP contribution is -2.45. The second-order valence-corrected chi connectivity index (χ2v) is 10.8. The first-order valence-corrected chi connectivity index (χ1v) is 12.9. The van der Waals surface area contributed by atoms with Crippen molar-refractivity contribution in [3.63, 3.8) is 0 Å². The summed E-state index contributed by atoms with van der Waals surface area (Å²) in [6.45, 7) is 8.54. The summed E-state index contributed by atoms with van der Waals surface area (Å²) in [5, 5.41) is 0. The fraction of sp³-hybridized carbons (Fsp3) is 0.643. The van der Waals surface area contributed by atoms with Gasteiger partial charge in [-0.15, -0.1) is 0 Å². The summed E-state index contributed by atoms with van der Waals surface area (Å²) in [6, 6.07) is 10.1. The summed E-state index contributed by atoms with van der Waals surface area (Å²) in [6.07, 6.45) is 7.75. The van der Waals surface area contributed by atoms with Gasteiger partial charge in [-0.2, -0.15) is 0 Å². The lowest BCUT2D eigenvalue weighted by atomic mass is 9.84. The van der Waals surface area contributed by atoms with Crippen molar-refractivity contribution >= 4 is 5.91 Å². The Labute approximate surface area is 211 Å². The Morgan fingerprint density at radius 1 is 1.23 bits per heavy atom. The van der Waals surface area contributed by atoms with E-state index in [9.17, 15) is 4.79 Å². The highest BCUT2D eigenvalue weighted by molar-refractivity contribution is 5.78. The molecular weight excluding hydrogens is 440 g/mol. The van der Waals surface area contributed by atoms with Crippen LogP contribution in [0, 0.1) is 11.3 Å². The van der Waals surface area contributed by atoms with E-state index in [1.807, 2.05) is 30.2 Å². The van der Waals surface area contributed by atoms with Gasteiger partial charge in [0.15, 0.2) is 0 Å². The Balaban J connectivity index is 2.07. The van der Waals surface area contributed by atoms with Gasteiger partial charge in [-0.1, -0.05) is 57.5 Å². The van der Waals surface area contributed by atoms with Gasteiger partial charge in [-0.25, -0.2) is 4.98 Å². The molecule has 1 aliphatic rings. The molecule has 2 aromatic rings. The van der Waals surface area contributed by atoms with Gasteiger partial charge in [0.05, 0.1) is 17.8 Å². The van der Waals surface area contributed by atoms with Gasteiger partial charge < -0.3 is 24.7 Å². The topological polar surface area (TPSA) is 82.6 Å². The molecule has 1 aromatic heterocycles. The van der Waals surface area contributed by atoms with Crippen LogP contribution in [0.1, 0.15) is 64.7 Å². The zero-order valence-corrected chi connectivity index (χ0v) is 22.2. The quantitative estimate of drug-likeness (QED) is 0.501. The molecule has 7 heteroatoms. The third-order valence-corrected chi connectivity index (χ3v) is 6.97. The normalized spacial score (nSPS) is 19.5. The van der Waals surface area contributed by atoms with E-state index in [1.165, 1.54) is 12.8 Å². The fourth-order valence-corrected chi connectivity index (χ4v) is 5.30. The van der Waals surface area contributed by atoms with Crippen LogP contribution in [0.25, 0.3) is 11.3 Å². The number of nitrogens with zero attached hydrogens (tertiary/aromatic N) is 3. The first-order chi connectivity index (χ1) is 16.8. The average Bonchev–Trinajstić information content (AvgIpc) is 3.24. The highest BCUT2D eigenvalue weighted by Crippen LogP contribution is 2.40. The molecule has 7 nitrogen and oxygen atoms in total. The molecule has 1 unspecified atom stereocenters. The standard InChI is InChI=1S/C28H44N4O3/c1-28(2,3)26(32(16-10-15-29)25(33)20-34-4)27-30-24(22-12-7-6-8-13-22)19-31(27)18-21-11-9-14-23(17-21)35-5/h6-8,12-13,19,21,23,26H,9-11,14-18,20,29H2,1-5H3/t21?,23-,26+/m1/s1. The number of benzene rings is 1. The van der Waals surface area contributed by atoms with Gasteiger partial charge in [-0.05, 0) is 43.6 Å². The minimum absolute atomic E-state index is 0.0335. The molecule has 1 fully saturated rings. The molecule has 0 spiro atoms. The number of amides is 1. The monoisotopic (exact) mass is 484 g/mol. The molecule has 0 radical (unpaired) electrons. The van der Waals surface area contributed by atoms with E-state index in [4.69, 9.17) is 20.2 Å². The van der Waals surface area contributed by atoms with Crippen molar-refractivity contribution in [2.75, 3.05) is 33.9 Å². The number of methoxy groups -OCH3 is 2. The van der Waals surface area contributed by atoms with Crippen molar-refractivity contribution in [2.45, 2.75) is 71.6 Å².